The molecule has 19 heavy (non-hydrogen) atoms. The van der Waals surface area contributed by atoms with Crippen molar-refractivity contribution in [1.29, 1.82) is 0 Å². The van der Waals surface area contributed by atoms with Crippen molar-refractivity contribution in [2.24, 2.45) is 0 Å². The number of aliphatic carboxylic acids is 1. The molecule has 1 atom stereocenters. The van der Waals surface area contributed by atoms with Crippen LogP contribution in [0.3, 0.4) is 0 Å². The van der Waals surface area contributed by atoms with Crippen LogP contribution >= 0.6 is 0 Å². The maximum atomic E-state index is 13.5. The van der Waals surface area contributed by atoms with E-state index in [9.17, 15) is 18.4 Å². The molecule has 0 saturated carbocycles. The van der Waals surface area contributed by atoms with Crippen molar-refractivity contribution >= 4 is 11.9 Å². The van der Waals surface area contributed by atoms with Gasteiger partial charge in [0, 0.05) is 6.07 Å². The highest BCUT2D eigenvalue weighted by molar-refractivity contribution is 5.98. The zero-order valence-electron chi connectivity index (χ0n) is 10.9. The van der Waals surface area contributed by atoms with Gasteiger partial charge in [-0.2, -0.15) is 0 Å². The highest BCUT2D eigenvalue weighted by Crippen LogP contribution is 2.16. The fraction of sp³-hybridized carbons (Fsp3) is 0.385. The molecule has 2 N–H and O–H groups in total. The van der Waals surface area contributed by atoms with Crippen LogP contribution in [0.15, 0.2) is 12.1 Å². The lowest BCUT2D eigenvalue weighted by atomic mass is 9.98. The van der Waals surface area contributed by atoms with Gasteiger partial charge < -0.3 is 10.4 Å². The minimum atomic E-state index is -1.49. The average Bonchev–Trinajstić information content (AvgIpc) is 2.33. The minimum absolute atomic E-state index is 0.111. The number of carboxylic acids is 1. The second kappa shape index (κ2) is 5.34. The summed E-state index contributed by atoms with van der Waals surface area (Å²) in [5, 5.41) is 11.3. The van der Waals surface area contributed by atoms with E-state index in [1.54, 1.807) is 6.92 Å². The summed E-state index contributed by atoms with van der Waals surface area (Å²) in [6.45, 7) is 4.30. The zero-order chi connectivity index (χ0) is 14.8. The lowest BCUT2D eigenvalue weighted by Gasteiger charge is -2.24. The topological polar surface area (TPSA) is 66.4 Å². The first-order valence-corrected chi connectivity index (χ1v) is 5.73. The van der Waals surface area contributed by atoms with Gasteiger partial charge in [-0.25, -0.2) is 13.6 Å². The smallest absolute Gasteiger partial charge is 0.329 e. The van der Waals surface area contributed by atoms with E-state index in [1.807, 2.05) is 0 Å². The maximum Gasteiger partial charge on any atom is 0.329 e. The van der Waals surface area contributed by atoms with E-state index in [4.69, 9.17) is 5.11 Å². The van der Waals surface area contributed by atoms with Crippen LogP contribution in [0.5, 0.6) is 0 Å². The summed E-state index contributed by atoms with van der Waals surface area (Å²) in [7, 11) is 0. The standard InChI is InChI=1S/C13H15F2NO3/c1-4-13(3,12(18)19)16-11(17)8-5-7(2)9(14)6-10(8)15/h5-6H,4H2,1-3H3,(H,16,17)(H,18,19). The van der Waals surface area contributed by atoms with Gasteiger partial charge in [0.1, 0.15) is 17.2 Å². The van der Waals surface area contributed by atoms with Crippen LogP contribution in [-0.4, -0.2) is 22.5 Å². The molecule has 0 spiro atoms. The molecular weight excluding hydrogens is 256 g/mol. The molecule has 4 nitrogen and oxygen atoms in total. The van der Waals surface area contributed by atoms with Gasteiger partial charge in [0.15, 0.2) is 0 Å². The SMILES string of the molecule is CCC(C)(NC(=O)c1cc(C)c(F)cc1F)C(=O)O. The third kappa shape index (κ3) is 3.07. The van der Waals surface area contributed by atoms with E-state index >= 15 is 0 Å². The molecule has 1 aromatic rings. The first-order valence-electron chi connectivity index (χ1n) is 5.73. The van der Waals surface area contributed by atoms with E-state index in [0.29, 0.717) is 6.07 Å². The van der Waals surface area contributed by atoms with E-state index in [-0.39, 0.29) is 17.5 Å². The second-order valence-corrected chi connectivity index (χ2v) is 4.53. The summed E-state index contributed by atoms with van der Waals surface area (Å²) >= 11 is 0. The molecule has 0 radical (unpaired) electrons. The van der Waals surface area contributed by atoms with E-state index < -0.39 is 29.0 Å². The molecule has 1 amide bonds. The Balaban J connectivity index is 3.08. The van der Waals surface area contributed by atoms with Crippen LogP contribution < -0.4 is 5.32 Å². The lowest BCUT2D eigenvalue weighted by Crippen LogP contribution is -2.51. The second-order valence-electron chi connectivity index (χ2n) is 4.53. The van der Waals surface area contributed by atoms with Gasteiger partial charge in [0.05, 0.1) is 5.56 Å². The first kappa shape index (κ1) is 15.1. The number of halogens is 2. The zero-order valence-corrected chi connectivity index (χ0v) is 10.9. The molecule has 0 aliphatic heterocycles. The monoisotopic (exact) mass is 271 g/mol. The first-order chi connectivity index (χ1) is 8.71. The van der Waals surface area contributed by atoms with E-state index in [1.165, 1.54) is 13.8 Å². The Kier molecular flexibility index (Phi) is 4.24. The summed E-state index contributed by atoms with van der Waals surface area (Å²) in [6, 6.07) is 1.66. The summed E-state index contributed by atoms with van der Waals surface area (Å²) < 4.78 is 26.6. The van der Waals surface area contributed by atoms with Crippen molar-refractivity contribution in [3.8, 4) is 0 Å². The number of hydrogen-bond acceptors (Lipinski definition) is 2. The van der Waals surface area contributed by atoms with Gasteiger partial charge in [0.25, 0.3) is 5.91 Å². The number of carboxylic acid groups (broad SMARTS) is 1. The van der Waals surface area contributed by atoms with Crippen LogP contribution in [-0.2, 0) is 4.79 Å². The molecule has 0 aliphatic rings. The number of benzene rings is 1. The number of aryl methyl sites for hydroxylation is 1. The van der Waals surface area contributed by atoms with Crippen LogP contribution in [0.1, 0.15) is 36.2 Å². The lowest BCUT2D eigenvalue weighted by molar-refractivity contribution is -0.143. The molecule has 0 heterocycles. The summed E-state index contributed by atoms with van der Waals surface area (Å²) in [5.41, 5.74) is -1.76. The minimum Gasteiger partial charge on any atom is -0.480 e. The Hall–Kier alpha value is -1.98. The molecule has 0 fully saturated rings. The quantitative estimate of drug-likeness (QED) is 0.882. The van der Waals surface area contributed by atoms with Gasteiger partial charge in [0.2, 0.25) is 0 Å². The fourth-order valence-corrected chi connectivity index (χ4v) is 1.44. The normalized spacial score (nSPS) is 13.7. The number of hydrogen-bond donors (Lipinski definition) is 2. The molecule has 1 rings (SSSR count). The van der Waals surface area contributed by atoms with Gasteiger partial charge in [-0.1, -0.05) is 6.92 Å². The third-order valence-electron chi connectivity index (χ3n) is 3.06. The molecule has 6 heteroatoms. The van der Waals surface area contributed by atoms with Crippen molar-refractivity contribution in [3.63, 3.8) is 0 Å². The molecule has 104 valence electrons. The number of carbonyl (C=O) groups excluding carboxylic acids is 1. The molecule has 1 unspecified atom stereocenters. The molecule has 0 bridgehead atoms. The van der Waals surface area contributed by atoms with Crippen LogP contribution in [0, 0.1) is 18.6 Å². The Bertz CT molecular complexity index is 531. The molecule has 1 aromatic carbocycles. The highest BCUT2D eigenvalue weighted by Gasteiger charge is 2.33. The number of rotatable bonds is 4. The van der Waals surface area contributed by atoms with Crippen LogP contribution in [0.4, 0.5) is 8.78 Å². The predicted octanol–water partition coefficient (Wildman–Crippen LogP) is 2.26. The fourth-order valence-electron chi connectivity index (χ4n) is 1.44. The Labute approximate surface area is 109 Å². The van der Waals surface area contributed by atoms with Gasteiger partial charge in [-0.3, -0.25) is 4.79 Å². The van der Waals surface area contributed by atoms with Crippen molar-refractivity contribution in [1.82, 2.24) is 5.32 Å². The van der Waals surface area contributed by atoms with Crippen LogP contribution in [0.2, 0.25) is 0 Å². The van der Waals surface area contributed by atoms with E-state index in [0.717, 1.165) is 6.07 Å². The van der Waals surface area contributed by atoms with Crippen molar-refractivity contribution < 1.29 is 23.5 Å². The molecule has 0 aliphatic carbocycles. The number of carbonyl (C=O) groups is 2. The molecular formula is C13H15F2NO3. The average molecular weight is 271 g/mol. The van der Waals surface area contributed by atoms with E-state index in [2.05, 4.69) is 5.32 Å². The summed E-state index contributed by atoms with van der Waals surface area (Å²) in [4.78, 5) is 22.9. The third-order valence-corrected chi connectivity index (χ3v) is 3.06. The maximum absolute atomic E-state index is 13.5. The van der Waals surface area contributed by atoms with Gasteiger partial charge in [-0.15, -0.1) is 0 Å². The Morgan fingerprint density at radius 1 is 1.32 bits per heavy atom. The summed E-state index contributed by atoms with van der Waals surface area (Å²) in [6.07, 6.45) is 0.135. The van der Waals surface area contributed by atoms with Crippen molar-refractivity contribution in [2.75, 3.05) is 0 Å². The number of nitrogens with one attached hydrogen (secondary N) is 1. The van der Waals surface area contributed by atoms with Gasteiger partial charge >= 0.3 is 5.97 Å². The van der Waals surface area contributed by atoms with Crippen LogP contribution in [0.25, 0.3) is 0 Å². The summed E-state index contributed by atoms with van der Waals surface area (Å²) in [5.74, 6) is -3.88. The highest BCUT2D eigenvalue weighted by atomic mass is 19.1. The molecule has 0 aromatic heterocycles. The predicted molar refractivity (Wildman–Crippen MR) is 64.9 cm³/mol. The molecule has 0 saturated heterocycles. The largest absolute Gasteiger partial charge is 0.480 e. The van der Waals surface area contributed by atoms with Crippen molar-refractivity contribution in [3.05, 3.63) is 34.9 Å². The van der Waals surface area contributed by atoms with Crippen molar-refractivity contribution in [2.45, 2.75) is 32.7 Å². The number of amides is 1. The van der Waals surface area contributed by atoms with Gasteiger partial charge in [-0.05, 0) is 31.9 Å². The Morgan fingerprint density at radius 3 is 2.37 bits per heavy atom. The Morgan fingerprint density at radius 2 is 1.89 bits per heavy atom.